The molecule has 32 heavy (non-hydrogen) atoms. The Morgan fingerprint density at radius 2 is 1.81 bits per heavy atom. The topological polar surface area (TPSA) is 95.6 Å². The van der Waals surface area contributed by atoms with Crippen LogP contribution in [0.5, 0.6) is 5.75 Å². The van der Waals surface area contributed by atoms with E-state index in [9.17, 15) is 9.90 Å². The molecule has 0 unspecified atom stereocenters. The highest BCUT2D eigenvalue weighted by Crippen LogP contribution is 2.23. The summed E-state index contributed by atoms with van der Waals surface area (Å²) in [7, 11) is 0. The maximum Gasteiger partial charge on any atom is 0.272 e. The number of rotatable bonds is 4. The molecule has 2 aromatic heterocycles. The molecule has 1 fully saturated rings. The Balaban J connectivity index is 1.24. The Bertz CT molecular complexity index is 1240. The van der Waals surface area contributed by atoms with Crippen LogP contribution >= 0.6 is 0 Å². The summed E-state index contributed by atoms with van der Waals surface area (Å²) in [6, 6.07) is 18.4. The zero-order valence-electron chi connectivity index (χ0n) is 17.5. The van der Waals surface area contributed by atoms with Gasteiger partial charge < -0.3 is 14.5 Å². The second kappa shape index (κ2) is 8.76. The SMILES string of the molecule is O=C(c1ccc2cccc(O)c2n1)N1CCCN(Cc2noc(-c3ccccc3)n2)CC1. The molecule has 0 saturated carbocycles. The first-order valence-electron chi connectivity index (χ1n) is 10.7. The van der Waals surface area contributed by atoms with Gasteiger partial charge in [-0.2, -0.15) is 4.98 Å². The van der Waals surface area contributed by atoms with Crippen molar-refractivity contribution in [3.8, 4) is 17.2 Å². The van der Waals surface area contributed by atoms with Gasteiger partial charge in [0.1, 0.15) is 17.0 Å². The molecule has 0 spiro atoms. The molecule has 0 bridgehead atoms. The number of nitrogens with zero attached hydrogens (tertiary/aromatic N) is 5. The number of para-hydroxylation sites is 1. The van der Waals surface area contributed by atoms with Gasteiger partial charge in [0.25, 0.3) is 11.8 Å². The lowest BCUT2D eigenvalue weighted by Gasteiger charge is -2.21. The van der Waals surface area contributed by atoms with Crippen LogP contribution in [0.25, 0.3) is 22.4 Å². The number of carbonyl (C=O) groups is 1. The van der Waals surface area contributed by atoms with Gasteiger partial charge in [0, 0.05) is 37.1 Å². The summed E-state index contributed by atoms with van der Waals surface area (Å²) in [5.41, 5.74) is 1.69. The minimum Gasteiger partial charge on any atom is -0.506 e. The van der Waals surface area contributed by atoms with E-state index in [2.05, 4.69) is 20.0 Å². The molecular weight excluding hydrogens is 406 g/mol. The molecule has 8 heteroatoms. The number of aromatic nitrogens is 3. The highest BCUT2D eigenvalue weighted by molar-refractivity contribution is 5.96. The minimum absolute atomic E-state index is 0.0779. The van der Waals surface area contributed by atoms with Crippen molar-refractivity contribution in [1.82, 2.24) is 24.9 Å². The van der Waals surface area contributed by atoms with Crippen molar-refractivity contribution in [2.24, 2.45) is 0 Å². The fraction of sp³-hybridized carbons (Fsp3) is 0.250. The van der Waals surface area contributed by atoms with E-state index in [4.69, 9.17) is 4.52 Å². The lowest BCUT2D eigenvalue weighted by Crippen LogP contribution is -2.35. The standard InChI is InChI=1S/C24H23N5O3/c30-20-9-4-8-17-10-11-19(25-22(17)20)24(31)29-13-5-12-28(14-15-29)16-21-26-23(32-27-21)18-6-2-1-3-7-18/h1-4,6-11,30H,5,12-16H2. The predicted octanol–water partition coefficient (Wildman–Crippen LogP) is 3.34. The van der Waals surface area contributed by atoms with E-state index in [0.717, 1.165) is 23.9 Å². The molecule has 1 amide bonds. The highest BCUT2D eigenvalue weighted by Gasteiger charge is 2.23. The van der Waals surface area contributed by atoms with E-state index in [-0.39, 0.29) is 11.7 Å². The Morgan fingerprint density at radius 3 is 2.69 bits per heavy atom. The molecule has 0 aliphatic carbocycles. The number of pyridine rings is 1. The fourth-order valence-electron chi connectivity index (χ4n) is 3.96. The molecule has 162 valence electrons. The maximum absolute atomic E-state index is 13.1. The van der Waals surface area contributed by atoms with Gasteiger partial charge in [0.15, 0.2) is 5.82 Å². The average Bonchev–Trinajstić information content (AvgIpc) is 3.17. The first-order chi connectivity index (χ1) is 15.7. The lowest BCUT2D eigenvalue weighted by atomic mass is 10.2. The third kappa shape index (κ3) is 4.17. The molecule has 4 aromatic rings. The quantitative estimate of drug-likeness (QED) is 0.532. The molecule has 1 aliphatic heterocycles. The highest BCUT2D eigenvalue weighted by atomic mass is 16.5. The van der Waals surface area contributed by atoms with Crippen LogP contribution in [0.2, 0.25) is 0 Å². The van der Waals surface area contributed by atoms with Gasteiger partial charge >= 0.3 is 0 Å². The number of fused-ring (bicyclic) bond motifs is 1. The fourth-order valence-corrected chi connectivity index (χ4v) is 3.96. The van der Waals surface area contributed by atoms with E-state index in [0.29, 0.717) is 49.1 Å². The number of aromatic hydroxyl groups is 1. The van der Waals surface area contributed by atoms with Crippen LogP contribution < -0.4 is 0 Å². The zero-order chi connectivity index (χ0) is 21.9. The third-order valence-corrected chi connectivity index (χ3v) is 5.65. The molecule has 1 aliphatic rings. The van der Waals surface area contributed by atoms with Crippen LogP contribution in [0.1, 0.15) is 22.7 Å². The van der Waals surface area contributed by atoms with Crippen LogP contribution in [-0.4, -0.2) is 62.1 Å². The summed E-state index contributed by atoms with van der Waals surface area (Å²) in [5.74, 6) is 1.10. The van der Waals surface area contributed by atoms with Crippen LogP contribution in [0, 0.1) is 0 Å². The van der Waals surface area contributed by atoms with Gasteiger partial charge in [-0.05, 0) is 30.7 Å². The van der Waals surface area contributed by atoms with Gasteiger partial charge in [0.05, 0.1) is 6.54 Å². The van der Waals surface area contributed by atoms with Crippen molar-refractivity contribution in [1.29, 1.82) is 0 Å². The molecule has 8 nitrogen and oxygen atoms in total. The number of phenolic OH excluding ortho intramolecular Hbond substituents is 1. The molecule has 1 saturated heterocycles. The smallest absolute Gasteiger partial charge is 0.272 e. The summed E-state index contributed by atoms with van der Waals surface area (Å²) in [6.45, 7) is 3.35. The van der Waals surface area contributed by atoms with Gasteiger partial charge in [-0.25, -0.2) is 4.98 Å². The van der Waals surface area contributed by atoms with Crippen LogP contribution in [0.3, 0.4) is 0 Å². The second-order valence-electron chi connectivity index (χ2n) is 7.85. The molecule has 2 aromatic carbocycles. The van der Waals surface area contributed by atoms with Crippen molar-refractivity contribution in [3.05, 3.63) is 72.2 Å². The summed E-state index contributed by atoms with van der Waals surface area (Å²) in [6.07, 6.45) is 0.841. The third-order valence-electron chi connectivity index (χ3n) is 5.65. The largest absolute Gasteiger partial charge is 0.506 e. The first kappa shape index (κ1) is 20.1. The first-order valence-corrected chi connectivity index (χ1v) is 10.7. The van der Waals surface area contributed by atoms with E-state index in [1.54, 1.807) is 18.2 Å². The lowest BCUT2D eigenvalue weighted by molar-refractivity contribution is 0.0755. The monoisotopic (exact) mass is 429 g/mol. The van der Waals surface area contributed by atoms with Crippen molar-refractivity contribution in [2.75, 3.05) is 26.2 Å². The summed E-state index contributed by atoms with van der Waals surface area (Å²) in [4.78, 5) is 26.0. The molecular formula is C24H23N5O3. The number of benzene rings is 2. The number of hydrogen-bond acceptors (Lipinski definition) is 7. The van der Waals surface area contributed by atoms with E-state index >= 15 is 0 Å². The summed E-state index contributed by atoms with van der Waals surface area (Å²) >= 11 is 0. The van der Waals surface area contributed by atoms with Crippen LogP contribution in [-0.2, 0) is 6.54 Å². The zero-order valence-corrected chi connectivity index (χ0v) is 17.5. The Morgan fingerprint density at radius 1 is 0.938 bits per heavy atom. The molecule has 5 rings (SSSR count). The van der Waals surface area contributed by atoms with E-state index in [1.165, 1.54) is 0 Å². The van der Waals surface area contributed by atoms with Crippen molar-refractivity contribution in [2.45, 2.75) is 13.0 Å². The van der Waals surface area contributed by atoms with Gasteiger partial charge in [0.2, 0.25) is 0 Å². The van der Waals surface area contributed by atoms with Crippen molar-refractivity contribution < 1.29 is 14.4 Å². The Hall–Kier alpha value is -3.78. The molecule has 3 heterocycles. The Kier molecular flexibility index (Phi) is 5.51. The summed E-state index contributed by atoms with van der Waals surface area (Å²) in [5, 5.41) is 15.0. The molecule has 0 atom stereocenters. The molecule has 1 N–H and O–H groups in total. The number of carbonyl (C=O) groups excluding carboxylic acids is 1. The second-order valence-corrected chi connectivity index (χ2v) is 7.85. The van der Waals surface area contributed by atoms with Crippen molar-refractivity contribution >= 4 is 16.8 Å². The summed E-state index contributed by atoms with van der Waals surface area (Å²) < 4.78 is 5.40. The molecule has 0 radical (unpaired) electrons. The average molecular weight is 429 g/mol. The van der Waals surface area contributed by atoms with Gasteiger partial charge in [-0.15, -0.1) is 0 Å². The van der Waals surface area contributed by atoms with Crippen LogP contribution in [0.15, 0.2) is 65.2 Å². The van der Waals surface area contributed by atoms with Gasteiger partial charge in [-0.1, -0.05) is 41.6 Å². The van der Waals surface area contributed by atoms with Crippen LogP contribution in [0.4, 0.5) is 0 Å². The van der Waals surface area contributed by atoms with E-state index in [1.807, 2.05) is 47.4 Å². The number of amides is 1. The van der Waals surface area contributed by atoms with Crippen molar-refractivity contribution in [3.63, 3.8) is 0 Å². The maximum atomic E-state index is 13.1. The van der Waals surface area contributed by atoms with E-state index < -0.39 is 0 Å². The normalized spacial score (nSPS) is 15.1. The Labute approximate surface area is 185 Å². The van der Waals surface area contributed by atoms with Gasteiger partial charge in [-0.3, -0.25) is 9.69 Å². The number of hydrogen-bond donors (Lipinski definition) is 1. The number of phenols is 1. The minimum atomic E-state index is -0.122. The predicted molar refractivity (Wildman–Crippen MR) is 119 cm³/mol.